The monoisotopic (exact) mass is 555 g/mol. The van der Waals surface area contributed by atoms with E-state index >= 15 is 0 Å². The molecule has 0 spiro atoms. The number of carbonyl (C=O) groups excluding carboxylic acids is 2. The summed E-state index contributed by atoms with van der Waals surface area (Å²) in [5.41, 5.74) is 5.72. The number of hydrogen-bond donors (Lipinski definition) is 2. The highest BCUT2D eigenvalue weighted by Gasteiger charge is 2.24. The van der Waals surface area contributed by atoms with Gasteiger partial charge in [-0.2, -0.15) is 5.10 Å². The summed E-state index contributed by atoms with van der Waals surface area (Å²) < 4.78 is 6.59. The molecule has 3 aromatic carbocycles. The number of halogens is 2. The minimum absolute atomic E-state index is 0.122. The maximum absolute atomic E-state index is 12.7. The SMILES string of the molecule is Cc1ccc(C(=O)NC(C(=O)NN=Cc2ccc(OCc3ccccc3Cl)c(Br)c2)C(C)C)cc1. The molecule has 6 nitrogen and oxygen atoms in total. The maximum atomic E-state index is 12.7. The first-order valence-electron chi connectivity index (χ1n) is 11.1. The van der Waals surface area contributed by atoms with Gasteiger partial charge >= 0.3 is 0 Å². The summed E-state index contributed by atoms with van der Waals surface area (Å²) in [7, 11) is 0. The van der Waals surface area contributed by atoms with Crippen molar-refractivity contribution in [2.45, 2.75) is 33.4 Å². The third-order valence-electron chi connectivity index (χ3n) is 5.23. The second-order valence-corrected chi connectivity index (χ2v) is 9.63. The molecule has 182 valence electrons. The molecule has 0 aliphatic heterocycles. The lowest BCUT2D eigenvalue weighted by atomic mass is 10.0. The quantitative estimate of drug-likeness (QED) is 0.255. The van der Waals surface area contributed by atoms with E-state index in [9.17, 15) is 9.59 Å². The zero-order valence-corrected chi connectivity index (χ0v) is 22.1. The van der Waals surface area contributed by atoms with Crippen LogP contribution in [0.2, 0.25) is 5.02 Å². The Morgan fingerprint density at radius 1 is 1.09 bits per heavy atom. The minimum Gasteiger partial charge on any atom is -0.488 e. The zero-order chi connectivity index (χ0) is 25.4. The average molecular weight is 557 g/mol. The van der Waals surface area contributed by atoms with E-state index in [1.54, 1.807) is 12.1 Å². The van der Waals surface area contributed by atoms with Crippen LogP contribution in [0.3, 0.4) is 0 Å². The van der Waals surface area contributed by atoms with Crippen LogP contribution in [0.15, 0.2) is 76.3 Å². The number of nitrogens with zero attached hydrogens (tertiary/aromatic N) is 1. The van der Waals surface area contributed by atoms with Crippen molar-refractivity contribution in [1.29, 1.82) is 0 Å². The van der Waals surface area contributed by atoms with Gasteiger partial charge < -0.3 is 10.1 Å². The van der Waals surface area contributed by atoms with Gasteiger partial charge in [0.2, 0.25) is 0 Å². The highest BCUT2D eigenvalue weighted by molar-refractivity contribution is 9.10. The largest absolute Gasteiger partial charge is 0.488 e. The third kappa shape index (κ3) is 7.67. The highest BCUT2D eigenvalue weighted by atomic mass is 79.9. The van der Waals surface area contributed by atoms with Gasteiger partial charge in [0.25, 0.3) is 11.8 Å². The topological polar surface area (TPSA) is 79.8 Å². The van der Waals surface area contributed by atoms with Gasteiger partial charge in [-0.05, 0) is 70.7 Å². The van der Waals surface area contributed by atoms with Crippen LogP contribution in [0.4, 0.5) is 0 Å². The number of benzene rings is 3. The van der Waals surface area contributed by atoms with Gasteiger partial charge in [-0.25, -0.2) is 5.43 Å². The molecule has 3 rings (SSSR count). The summed E-state index contributed by atoms with van der Waals surface area (Å²) in [6, 6.07) is 19.4. The Hall–Kier alpha value is -3.16. The normalized spacial score (nSPS) is 11.9. The van der Waals surface area contributed by atoms with Crippen LogP contribution in [0.1, 0.15) is 40.9 Å². The number of nitrogens with one attached hydrogen (secondary N) is 2. The molecular weight excluding hydrogens is 530 g/mol. The fourth-order valence-electron chi connectivity index (χ4n) is 3.19. The molecule has 3 aromatic rings. The molecule has 0 saturated heterocycles. The Morgan fingerprint density at radius 2 is 1.80 bits per heavy atom. The molecule has 2 N–H and O–H groups in total. The molecule has 2 amide bonds. The van der Waals surface area contributed by atoms with E-state index in [0.29, 0.717) is 22.9 Å². The lowest BCUT2D eigenvalue weighted by molar-refractivity contribution is -0.123. The van der Waals surface area contributed by atoms with Gasteiger partial charge in [0.1, 0.15) is 18.4 Å². The molecule has 0 aromatic heterocycles. The highest BCUT2D eigenvalue weighted by Crippen LogP contribution is 2.27. The Balaban J connectivity index is 1.57. The van der Waals surface area contributed by atoms with Gasteiger partial charge in [-0.15, -0.1) is 0 Å². The van der Waals surface area contributed by atoms with Crippen LogP contribution >= 0.6 is 27.5 Å². The minimum atomic E-state index is -0.728. The van der Waals surface area contributed by atoms with Gasteiger partial charge in [0.05, 0.1) is 10.7 Å². The molecule has 0 fully saturated rings. The van der Waals surface area contributed by atoms with E-state index in [1.165, 1.54) is 6.21 Å². The maximum Gasteiger partial charge on any atom is 0.262 e. The molecule has 0 aliphatic rings. The van der Waals surface area contributed by atoms with Gasteiger partial charge in [-0.3, -0.25) is 9.59 Å². The van der Waals surface area contributed by atoms with Crippen LogP contribution in [-0.2, 0) is 11.4 Å². The van der Waals surface area contributed by atoms with Crippen molar-refractivity contribution in [3.8, 4) is 5.75 Å². The van der Waals surface area contributed by atoms with Gasteiger partial charge in [-0.1, -0.05) is 61.3 Å². The molecule has 0 heterocycles. The Morgan fingerprint density at radius 3 is 2.46 bits per heavy atom. The molecule has 0 aliphatic carbocycles. The second-order valence-electron chi connectivity index (χ2n) is 8.37. The third-order valence-corrected chi connectivity index (χ3v) is 6.22. The summed E-state index contributed by atoms with van der Waals surface area (Å²) in [6.45, 7) is 6.01. The van der Waals surface area contributed by atoms with Crippen LogP contribution in [-0.4, -0.2) is 24.1 Å². The Labute approximate surface area is 218 Å². The van der Waals surface area contributed by atoms with Crippen molar-refractivity contribution >= 4 is 45.6 Å². The standard InChI is InChI=1S/C27H27BrClN3O3/c1-17(2)25(31-26(33)20-11-8-18(3)9-12-20)27(34)32-30-15-19-10-13-24(22(28)14-19)35-16-21-6-4-5-7-23(21)29/h4-15,17,25H,16H2,1-3H3,(H,31,33)(H,32,34). The predicted molar refractivity (Wildman–Crippen MR) is 143 cm³/mol. The van der Waals surface area contributed by atoms with Crippen LogP contribution in [0, 0.1) is 12.8 Å². The van der Waals surface area contributed by atoms with Gasteiger partial charge in [0.15, 0.2) is 0 Å². The van der Waals surface area contributed by atoms with Crippen molar-refractivity contribution in [3.05, 3.63) is 98.5 Å². The number of carbonyl (C=O) groups is 2. The van der Waals surface area contributed by atoms with Crippen LogP contribution in [0.5, 0.6) is 5.75 Å². The molecule has 1 unspecified atom stereocenters. The van der Waals surface area contributed by atoms with E-state index in [4.69, 9.17) is 16.3 Å². The molecule has 0 saturated carbocycles. The number of rotatable bonds is 9. The van der Waals surface area contributed by atoms with Crippen molar-refractivity contribution in [1.82, 2.24) is 10.7 Å². The predicted octanol–water partition coefficient (Wildman–Crippen LogP) is 5.89. The van der Waals surface area contributed by atoms with E-state index in [1.807, 2.05) is 75.4 Å². The zero-order valence-electron chi connectivity index (χ0n) is 19.7. The van der Waals surface area contributed by atoms with E-state index < -0.39 is 11.9 Å². The first-order valence-corrected chi connectivity index (χ1v) is 12.3. The number of hydrazone groups is 1. The van der Waals surface area contributed by atoms with E-state index in [0.717, 1.165) is 21.2 Å². The smallest absolute Gasteiger partial charge is 0.262 e. The summed E-state index contributed by atoms with van der Waals surface area (Å²) in [5, 5.41) is 7.50. The molecule has 0 bridgehead atoms. The average Bonchev–Trinajstić information content (AvgIpc) is 2.83. The number of ether oxygens (including phenoxy) is 1. The van der Waals surface area contributed by atoms with Crippen molar-refractivity contribution in [3.63, 3.8) is 0 Å². The van der Waals surface area contributed by atoms with Crippen LogP contribution in [0.25, 0.3) is 0 Å². The molecule has 8 heteroatoms. The number of amides is 2. The summed E-state index contributed by atoms with van der Waals surface area (Å²) in [6.07, 6.45) is 1.53. The molecule has 35 heavy (non-hydrogen) atoms. The van der Waals surface area contributed by atoms with Crippen LogP contribution < -0.4 is 15.5 Å². The number of aryl methyl sites for hydroxylation is 1. The first kappa shape index (κ1) is 26.4. The second kappa shape index (κ2) is 12.5. The van der Waals surface area contributed by atoms with Crippen molar-refractivity contribution in [2.75, 3.05) is 0 Å². The van der Waals surface area contributed by atoms with E-state index in [-0.39, 0.29) is 11.8 Å². The first-order chi connectivity index (χ1) is 16.7. The Bertz CT molecular complexity index is 1210. The molecular formula is C27H27BrClN3O3. The van der Waals surface area contributed by atoms with E-state index in [2.05, 4.69) is 31.8 Å². The summed E-state index contributed by atoms with van der Waals surface area (Å²) in [5.74, 6) is -0.164. The van der Waals surface area contributed by atoms with Gasteiger partial charge in [0, 0.05) is 16.1 Å². The lowest BCUT2D eigenvalue weighted by Gasteiger charge is -2.20. The Kier molecular flexibility index (Phi) is 9.46. The number of hydrogen-bond acceptors (Lipinski definition) is 4. The lowest BCUT2D eigenvalue weighted by Crippen LogP contribution is -2.48. The fraction of sp³-hybridized carbons (Fsp3) is 0.222. The summed E-state index contributed by atoms with van der Waals surface area (Å²) >= 11 is 9.68. The van der Waals surface area contributed by atoms with Crippen molar-refractivity contribution < 1.29 is 14.3 Å². The summed E-state index contributed by atoms with van der Waals surface area (Å²) in [4.78, 5) is 25.2. The molecule has 1 atom stereocenters. The molecule has 0 radical (unpaired) electrons. The van der Waals surface area contributed by atoms with Crippen molar-refractivity contribution in [2.24, 2.45) is 11.0 Å². The fourth-order valence-corrected chi connectivity index (χ4v) is 3.89.